The molecule has 0 rings (SSSR count). The van der Waals surface area contributed by atoms with Gasteiger partial charge in [-0.15, -0.1) is 0 Å². The topological polar surface area (TPSA) is 105 Å². The van der Waals surface area contributed by atoms with Crippen LogP contribution in [0.1, 0.15) is 0 Å². The molecule has 0 spiro atoms. The summed E-state index contributed by atoms with van der Waals surface area (Å²) in [4.78, 5) is 0. The Hall–Kier alpha value is 1.35. The Labute approximate surface area is 79.5 Å². The maximum Gasteiger partial charge on any atom is 1.00 e. The molecule has 0 aromatic heterocycles. The molecule has 0 aromatic rings. The third-order valence-electron chi connectivity index (χ3n) is 0. The van der Waals surface area contributed by atoms with Gasteiger partial charge >= 0.3 is 40.0 Å². The van der Waals surface area contributed by atoms with E-state index in [-0.39, 0.29) is 52.1 Å². The molecule has 0 aliphatic heterocycles. The van der Waals surface area contributed by atoms with Crippen molar-refractivity contribution in [2.24, 2.45) is 0 Å². The zero-order chi connectivity index (χ0) is 4.50. The molecule has 0 unspecified atom stereocenters. The van der Waals surface area contributed by atoms with Crippen LogP contribution in [0, 0.1) is 0 Å². The Balaban J connectivity index is -0.0000000267. The average Bonchev–Trinajstić information content (AvgIpc) is 0.722. The van der Waals surface area contributed by atoms with E-state index in [2.05, 4.69) is 0 Å². The molecular formula is H3FeNaO5S. The van der Waals surface area contributed by atoms with E-state index in [1.54, 1.807) is 0 Å². The molecule has 5 nitrogen and oxygen atoms in total. The molecule has 0 fully saturated rings. The van der Waals surface area contributed by atoms with Gasteiger partial charge in [-0.1, -0.05) is 0 Å². The molecule has 0 saturated carbocycles. The van der Waals surface area contributed by atoms with Gasteiger partial charge in [0.15, 0.2) is 0 Å². The van der Waals surface area contributed by atoms with Crippen LogP contribution in [-0.4, -0.2) is 23.0 Å². The van der Waals surface area contributed by atoms with E-state index in [4.69, 9.17) is 17.5 Å². The van der Waals surface area contributed by atoms with Gasteiger partial charge in [-0.3, -0.25) is 9.11 Å². The monoisotopic (exact) mass is 194 g/mol. The molecular weight excluding hydrogens is 191 g/mol. The third kappa shape index (κ3) is 163. The second-order valence-corrected chi connectivity index (χ2v) is 1.34. The Morgan fingerprint density at radius 2 is 1.12 bits per heavy atom. The summed E-state index contributed by atoms with van der Waals surface area (Å²) in [6.07, 6.45) is 0. The maximum absolute atomic E-state index is 8.74. The van der Waals surface area contributed by atoms with Crippen LogP contribution in [0.4, 0.5) is 0 Å². The van der Waals surface area contributed by atoms with Gasteiger partial charge in [0.25, 0.3) is 0 Å². The van der Waals surface area contributed by atoms with E-state index in [9.17, 15) is 0 Å². The Morgan fingerprint density at radius 3 is 1.12 bits per heavy atom. The molecule has 0 aliphatic rings. The fourth-order valence-electron chi connectivity index (χ4n) is 0. The normalized spacial score (nSPS) is 7.25. The predicted octanol–water partition coefficient (Wildman–Crippen LogP) is -3.83. The van der Waals surface area contributed by atoms with E-state index in [1.165, 1.54) is 0 Å². The first-order valence-electron chi connectivity index (χ1n) is 0.698. The summed E-state index contributed by atoms with van der Waals surface area (Å²) in [7, 11) is -4.67. The first-order chi connectivity index (χ1) is 2.00. The molecule has 3 N–H and O–H groups in total. The number of hydrogen-bond acceptors (Lipinski definition) is 3. The summed E-state index contributed by atoms with van der Waals surface area (Å²) in [6.45, 7) is 0. The number of rotatable bonds is 0. The van der Waals surface area contributed by atoms with E-state index in [1.807, 2.05) is 0 Å². The van der Waals surface area contributed by atoms with E-state index in [0.717, 1.165) is 0 Å². The molecule has 8 heteroatoms. The minimum Gasteiger partial charge on any atom is -0.870 e. The maximum atomic E-state index is 8.74. The van der Waals surface area contributed by atoms with Crippen LogP contribution in [-0.2, 0) is 27.5 Å². The van der Waals surface area contributed by atoms with Gasteiger partial charge in [-0.2, -0.15) is 8.42 Å². The molecule has 0 saturated heterocycles. The molecule has 48 valence electrons. The van der Waals surface area contributed by atoms with Crippen LogP contribution in [0.2, 0.25) is 0 Å². The summed E-state index contributed by atoms with van der Waals surface area (Å²) >= 11 is 0. The van der Waals surface area contributed by atoms with Gasteiger partial charge in [0.05, 0.1) is 0 Å². The van der Waals surface area contributed by atoms with Crippen molar-refractivity contribution in [2.45, 2.75) is 0 Å². The van der Waals surface area contributed by atoms with Crippen LogP contribution in [0.3, 0.4) is 0 Å². The molecule has 0 radical (unpaired) electrons. The third-order valence-corrected chi connectivity index (χ3v) is 0. The molecule has 8 heavy (non-hydrogen) atoms. The first kappa shape index (κ1) is 22.8. The minimum atomic E-state index is -4.67. The molecule has 0 heterocycles. The van der Waals surface area contributed by atoms with Crippen LogP contribution < -0.4 is 29.6 Å². The van der Waals surface area contributed by atoms with Crippen molar-refractivity contribution in [1.29, 1.82) is 0 Å². The average molecular weight is 194 g/mol. The summed E-state index contributed by atoms with van der Waals surface area (Å²) < 4.78 is 31.6. The van der Waals surface area contributed by atoms with Crippen molar-refractivity contribution in [1.82, 2.24) is 0 Å². The zero-order valence-electron chi connectivity index (χ0n) is 3.92. The number of hydrogen-bond donors (Lipinski definition) is 2. The van der Waals surface area contributed by atoms with Gasteiger partial charge in [0.1, 0.15) is 0 Å². The van der Waals surface area contributed by atoms with Crippen molar-refractivity contribution < 1.29 is 69.6 Å². The van der Waals surface area contributed by atoms with Crippen LogP contribution >= 0.6 is 0 Å². The van der Waals surface area contributed by atoms with Crippen molar-refractivity contribution in [2.75, 3.05) is 0 Å². The van der Waals surface area contributed by atoms with Gasteiger partial charge in [-0.05, 0) is 0 Å². The fraction of sp³-hybridized carbons (Fsp3) is 0. The van der Waals surface area contributed by atoms with E-state index >= 15 is 0 Å². The summed E-state index contributed by atoms with van der Waals surface area (Å²) in [5.41, 5.74) is 0. The van der Waals surface area contributed by atoms with E-state index < -0.39 is 10.4 Å². The van der Waals surface area contributed by atoms with Gasteiger partial charge in [0.2, 0.25) is 0 Å². The Kier molecular flexibility index (Phi) is 23.8. The SMILES string of the molecule is O=S(=O)(O)O.[Fe].[Na+].[OH-]. The van der Waals surface area contributed by atoms with Crippen LogP contribution in [0.5, 0.6) is 0 Å². The van der Waals surface area contributed by atoms with E-state index in [0.29, 0.717) is 0 Å². The summed E-state index contributed by atoms with van der Waals surface area (Å²) in [5.74, 6) is 0. The van der Waals surface area contributed by atoms with Crippen molar-refractivity contribution in [3.05, 3.63) is 0 Å². The Morgan fingerprint density at radius 1 is 1.12 bits per heavy atom. The molecule has 0 aromatic carbocycles. The van der Waals surface area contributed by atoms with Crippen LogP contribution in [0.25, 0.3) is 0 Å². The van der Waals surface area contributed by atoms with Gasteiger partial charge in [-0.25, -0.2) is 0 Å². The van der Waals surface area contributed by atoms with Crippen molar-refractivity contribution in [3.63, 3.8) is 0 Å². The summed E-state index contributed by atoms with van der Waals surface area (Å²) in [6, 6.07) is 0. The summed E-state index contributed by atoms with van der Waals surface area (Å²) in [5, 5.41) is 0. The zero-order valence-corrected chi connectivity index (χ0v) is 7.84. The van der Waals surface area contributed by atoms with Crippen molar-refractivity contribution in [3.8, 4) is 0 Å². The predicted molar refractivity (Wildman–Crippen MR) is 16.1 cm³/mol. The standard InChI is InChI=1S/Fe.Na.H2O4S.H2O/c;;1-5(2,3)4;/h;;(H2,1,2,3,4);1H2/q;+1;;/p-1. The second-order valence-electron chi connectivity index (χ2n) is 0.448. The van der Waals surface area contributed by atoms with Gasteiger partial charge in [0, 0.05) is 17.1 Å². The molecule has 0 atom stereocenters. The smallest absolute Gasteiger partial charge is 0.870 e. The minimum absolute atomic E-state index is 0. The Bertz CT molecular complexity index is 95.6. The van der Waals surface area contributed by atoms with Gasteiger partial charge < -0.3 is 5.48 Å². The molecule has 0 aliphatic carbocycles. The first-order valence-corrected chi connectivity index (χ1v) is 2.10. The molecule has 0 amide bonds. The fourth-order valence-corrected chi connectivity index (χ4v) is 0. The van der Waals surface area contributed by atoms with Crippen molar-refractivity contribution >= 4 is 10.4 Å². The second kappa shape index (κ2) is 8.35. The van der Waals surface area contributed by atoms with Crippen LogP contribution in [0.15, 0.2) is 0 Å². The quantitative estimate of drug-likeness (QED) is 0.303. The molecule has 0 bridgehead atoms. The largest absolute Gasteiger partial charge is 1.00 e.